The molecular formula is C18H14N6O3. The first kappa shape index (κ1) is 17.8. The van der Waals surface area contributed by atoms with Gasteiger partial charge in [-0.05, 0) is 47.7 Å². The highest BCUT2D eigenvalue weighted by Gasteiger charge is 2.20. The van der Waals surface area contributed by atoms with Crippen molar-refractivity contribution in [2.75, 3.05) is 5.32 Å². The average Bonchev–Trinajstić information content (AvgIpc) is 3.23. The molecule has 27 heavy (non-hydrogen) atoms. The first-order valence-electron chi connectivity index (χ1n) is 7.93. The molecule has 1 N–H and O–H groups in total. The van der Waals surface area contributed by atoms with Gasteiger partial charge in [-0.25, -0.2) is 9.48 Å². The number of nitrogens with zero attached hydrogens (tertiary/aromatic N) is 5. The third-order valence-electron chi connectivity index (χ3n) is 3.65. The SMILES string of the molecule is C[C@H](OC(=O)c1cccc(-n2cnnn2)c1)C(=O)Nc1ccccc1C#N. The van der Waals surface area contributed by atoms with Crippen LogP contribution in [0.25, 0.3) is 5.69 Å². The van der Waals surface area contributed by atoms with Gasteiger partial charge in [0.05, 0.1) is 22.5 Å². The molecular weight excluding hydrogens is 348 g/mol. The van der Waals surface area contributed by atoms with E-state index in [1.807, 2.05) is 6.07 Å². The molecule has 9 heteroatoms. The van der Waals surface area contributed by atoms with E-state index in [1.54, 1.807) is 48.5 Å². The van der Waals surface area contributed by atoms with Crippen molar-refractivity contribution in [2.45, 2.75) is 13.0 Å². The molecule has 0 radical (unpaired) electrons. The maximum atomic E-state index is 12.3. The van der Waals surface area contributed by atoms with E-state index >= 15 is 0 Å². The zero-order valence-electron chi connectivity index (χ0n) is 14.2. The van der Waals surface area contributed by atoms with Crippen molar-refractivity contribution >= 4 is 17.6 Å². The van der Waals surface area contributed by atoms with E-state index < -0.39 is 18.0 Å². The van der Waals surface area contributed by atoms with Gasteiger partial charge in [0.25, 0.3) is 5.91 Å². The summed E-state index contributed by atoms with van der Waals surface area (Å²) in [4.78, 5) is 24.6. The standard InChI is InChI=1S/C18H14N6O3/c1-12(17(25)21-16-8-3-2-5-14(16)10-19)27-18(26)13-6-4-7-15(9-13)24-11-20-22-23-24/h2-9,11-12H,1H3,(H,21,25)/t12-/m0/s1. The lowest BCUT2D eigenvalue weighted by atomic mass is 10.2. The minimum atomic E-state index is -1.05. The van der Waals surface area contributed by atoms with Crippen molar-refractivity contribution in [3.8, 4) is 11.8 Å². The van der Waals surface area contributed by atoms with Crippen LogP contribution in [0, 0.1) is 11.3 Å². The van der Waals surface area contributed by atoms with Crippen molar-refractivity contribution in [1.29, 1.82) is 5.26 Å². The van der Waals surface area contributed by atoms with Crippen LogP contribution in [-0.4, -0.2) is 38.2 Å². The van der Waals surface area contributed by atoms with Crippen molar-refractivity contribution in [1.82, 2.24) is 20.2 Å². The van der Waals surface area contributed by atoms with Crippen molar-refractivity contribution in [3.63, 3.8) is 0 Å². The Morgan fingerprint density at radius 1 is 1.22 bits per heavy atom. The summed E-state index contributed by atoms with van der Waals surface area (Å²) in [6, 6.07) is 15.0. The molecule has 0 aliphatic carbocycles. The van der Waals surface area contributed by atoms with Crippen molar-refractivity contribution < 1.29 is 14.3 Å². The summed E-state index contributed by atoms with van der Waals surface area (Å²) in [5.41, 5.74) is 1.50. The lowest BCUT2D eigenvalue weighted by molar-refractivity contribution is -0.123. The lowest BCUT2D eigenvalue weighted by Gasteiger charge is -2.14. The molecule has 0 spiro atoms. The first-order chi connectivity index (χ1) is 13.1. The van der Waals surface area contributed by atoms with Gasteiger partial charge in [-0.2, -0.15) is 5.26 Å². The number of ether oxygens (including phenoxy) is 1. The Balaban J connectivity index is 1.68. The van der Waals surface area contributed by atoms with Gasteiger partial charge < -0.3 is 10.1 Å². The van der Waals surface area contributed by atoms with Gasteiger partial charge in [0.15, 0.2) is 6.10 Å². The van der Waals surface area contributed by atoms with Crippen LogP contribution in [0.2, 0.25) is 0 Å². The Bertz CT molecular complexity index is 1010. The molecule has 0 saturated heterocycles. The third kappa shape index (κ3) is 4.13. The molecule has 134 valence electrons. The Hall–Kier alpha value is -4.06. The maximum absolute atomic E-state index is 12.3. The summed E-state index contributed by atoms with van der Waals surface area (Å²) in [6.45, 7) is 1.45. The van der Waals surface area contributed by atoms with Gasteiger partial charge in [-0.1, -0.05) is 18.2 Å². The number of hydrogen-bond donors (Lipinski definition) is 1. The van der Waals surface area contributed by atoms with E-state index in [0.717, 1.165) is 0 Å². The van der Waals surface area contributed by atoms with Crippen molar-refractivity contribution in [2.24, 2.45) is 0 Å². The highest BCUT2D eigenvalue weighted by Crippen LogP contribution is 2.15. The molecule has 1 atom stereocenters. The number of nitriles is 1. The fraction of sp³-hybridized carbons (Fsp3) is 0.111. The number of anilines is 1. The maximum Gasteiger partial charge on any atom is 0.338 e. The van der Waals surface area contributed by atoms with E-state index in [0.29, 0.717) is 16.9 Å². The number of carbonyl (C=O) groups is 2. The van der Waals surface area contributed by atoms with Gasteiger partial charge >= 0.3 is 5.97 Å². The Kier molecular flexibility index (Phi) is 5.18. The highest BCUT2D eigenvalue weighted by atomic mass is 16.5. The van der Waals surface area contributed by atoms with Gasteiger partial charge in [0, 0.05) is 0 Å². The molecule has 0 aliphatic heterocycles. The second-order valence-corrected chi connectivity index (χ2v) is 5.50. The number of aromatic nitrogens is 4. The predicted octanol–water partition coefficient (Wildman–Crippen LogP) is 1.72. The number of amides is 1. The molecule has 3 aromatic rings. The zero-order chi connectivity index (χ0) is 19.2. The molecule has 2 aromatic carbocycles. The van der Waals surface area contributed by atoms with Crippen LogP contribution < -0.4 is 5.32 Å². The van der Waals surface area contributed by atoms with Crippen LogP contribution in [-0.2, 0) is 9.53 Å². The second kappa shape index (κ2) is 7.88. The summed E-state index contributed by atoms with van der Waals surface area (Å²) >= 11 is 0. The van der Waals surface area contributed by atoms with Gasteiger partial charge in [0.2, 0.25) is 0 Å². The number of rotatable bonds is 5. The first-order valence-corrected chi connectivity index (χ1v) is 7.93. The highest BCUT2D eigenvalue weighted by molar-refractivity contribution is 5.98. The zero-order valence-corrected chi connectivity index (χ0v) is 14.2. The van der Waals surface area contributed by atoms with E-state index in [-0.39, 0.29) is 5.56 Å². The molecule has 0 bridgehead atoms. The summed E-state index contributed by atoms with van der Waals surface area (Å²) in [6.07, 6.45) is 0.341. The molecule has 1 aromatic heterocycles. The van der Waals surface area contributed by atoms with Gasteiger partial charge in [0.1, 0.15) is 12.4 Å². The Morgan fingerprint density at radius 2 is 2.04 bits per heavy atom. The summed E-state index contributed by atoms with van der Waals surface area (Å²) in [5, 5.41) is 22.5. The molecule has 0 unspecified atom stereocenters. The Morgan fingerprint density at radius 3 is 2.78 bits per heavy atom. The van der Waals surface area contributed by atoms with Crippen LogP contribution in [0.3, 0.4) is 0 Å². The second-order valence-electron chi connectivity index (χ2n) is 5.50. The number of nitrogens with one attached hydrogen (secondary N) is 1. The summed E-state index contributed by atoms with van der Waals surface area (Å²) < 4.78 is 6.62. The lowest BCUT2D eigenvalue weighted by Crippen LogP contribution is -2.30. The van der Waals surface area contributed by atoms with Crippen LogP contribution in [0.5, 0.6) is 0 Å². The van der Waals surface area contributed by atoms with E-state index in [9.17, 15) is 9.59 Å². The monoisotopic (exact) mass is 362 g/mol. The van der Waals surface area contributed by atoms with E-state index in [2.05, 4.69) is 20.8 Å². The van der Waals surface area contributed by atoms with Gasteiger partial charge in [-0.3, -0.25) is 4.79 Å². The number of benzene rings is 2. The fourth-order valence-corrected chi connectivity index (χ4v) is 2.26. The normalized spacial score (nSPS) is 11.3. The Labute approximate surface area is 154 Å². The van der Waals surface area contributed by atoms with Gasteiger partial charge in [-0.15, -0.1) is 5.10 Å². The minimum absolute atomic E-state index is 0.250. The summed E-state index contributed by atoms with van der Waals surface area (Å²) in [5.74, 6) is -1.20. The van der Waals surface area contributed by atoms with Crippen LogP contribution in [0.1, 0.15) is 22.8 Å². The van der Waals surface area contributed by atoms with Crippen LogP contribution in [0.15, 0.2) is 54.9 Å². The molecule has 0 saturated carbocycles. The largest absolute Gasteiger partial charge is 0.449 e. The number of hydrogen-bond acceptors (Lipinski definition) is 7. The minimum Gasteiger partial charge on any atom is -0.449 e. The molecule has 1 amide bonds. The number of esters is 1. The number of carbonyl (C=O) groups excluding carboxylic acids is 2. The van der Waals surface area contributed by atoms with E-state index in [4.69, 9.17) is 10.00 Å². The number of para-hydroxylation sites is 1. The average molecular weight is 362 g/mol. The van der Waals surface area contributed by atoms with Crippen molar-refractivity contribution in [3.05, 3.63) is 66.0 Å². The van der Waals surface area contributed by atoms with E-state index in [1.165, 1.54) is 17.9 Å². The molecule has 3 rings (SSSR count). The molecule has 1 heterocycles. The summed E-state index contributed by atoms with van der Waals surface area (Å²) in [7, 11) is 0. The fourth-order valence-electron chi connectivity index (χ4n) is 2.26. The molecule has 0 aliphatic rings. The quantitative estimate of drug-likeness (QED) is 0.685. The molecule has 0 fully saturated rings. The number of tetrazole rings is 1. The van der Waals surface area contributed by atoms with Crippen LogP contribution in [0.4, 0.5) is 5.69 Å². The molecule has 9 nitrogen and oxygen atoms in total. The smallest absolute Gasteiger partial charge is 0.338 e. The van der Waals surface area contributed by atoms with Crippen LogP contribution >= 0.6 is 0 Å². The third-order valence-corrected chi connectivity index (χ3v) is 3.65. The topological polar surface area (TPSA) is 123 Å². The predicted molar refractivity (Wildman–Crippen MR) is 93.8 cm³/mol.